The van der Waals surface area contributed by atoms with E-state index in [0.717, 1.165) is 6.08 Å². The molecule has 0 bridgehead atoms. The van der Waals surface area contributed by atoms with E-state index in [4.69, 9.17) is 37.9 Å². The molecule has 3 heterocycles. The molecule has 54 heavy (non-hydrogen) atoms. The van der Waals surface area contributed by atoms with E-state index in [1.807, 2.05) is 0 Å². The summed E-state index contributed by atoms with van der Waals surface area (Å²) in [6.45, 7) is 0.0235. The standard InChI is InChI=1S/C35H46O19/c1-15-25(42)27(44)32(54-33-28(45)26(43)21(40)14-49-33)35(50-15)53-31-29(46)34(48-10-9-17-3-6-18(37)20(39)11-17)51-23(13-36)30(31)52-24(41)8-5-16-4-7-19(38)22(12-16)47-2/h3-8,11-12,15,21,23,25-40,42-46H,9-10,13-14H2,1-2H3/b8-5+/t15-,21+,23-,25+,26+,27-,28-,29-,30-,31+,32-,33+,34-,35+/m1/s1. The molecule has 0 aromatic heterocycles. The molecule has 3 aliphatic rings. The number of esters is 1. The fourth-order valence-corrected chi connectivity index (χ4v) is 6.10. The van der Waals surface area contributed by atoms with Crippen molar-refractivity contribution < 1.29 is 93.8 Å². The average molecular weight is 771 g/mol. The highest BCUT2D eigenvalue weighted by atomic mass is 16.8. The van der Waals surface area contributed by atoms with Gasteiger partial charge in [-0.2, -0.15) is 0 Å². The Morgan fingerprint density at radius 1 is 0.796 bits per heavy atom. The smallest absolute Gasteiger partial charge is 0.331 e. The second-order valence-corrected chi connectivity index (χ2v) is 13.0. The third-order valence-electron chi connectivity index (χ3n) is 9.20. The van der Waals surface area contributed by atoms with E-state index in [1.165, 1.54) is 56.5 Å². The molecule has 3 aliphatic heterocycles. The number of aliphatic hydroxyl groups is 7. The van der Waals surface area contributed by atoms with Crippen molar-refractivity contribution in [2.45, 2.75) is 99.4 Å². The van der Waals surface area contributed by atoms with Crippen molar-refractivity contribution in [2.75, 3.05) is 26.9 Å². The van der Waals surface area contributed by atoms with Gasteiger partial charge in [0.15, 0.2) is 48.0 Å². The lowest BCUT2D eigenvalue weighted by atomic mass is 9.96. The van der Waals surface area contributed by atoms with Gasteiger partial charge in [-0.1, -0.05) is 12.1 Å². The van der Waals surface area contributed by atoms with Gasteiger partial charge in [-0.15, -0.1) is 0 Å². The molecule has 0 saturated carbocycles. The molecule has 300 valence electrons. The molecule has 0 unspecified atom stereocenters. The summed E-state index contributed by atoms with van der Waals surface area (Å²) >= 11 is 0. The van der Waals surface area contributed by atoms with Crippen LogP contribution in [0.25, 0.3) is 6.08 Å². The topological polar surface area (TPSA) is 293 Å². The van der Waals surface area contributed by atoms with Crippen molar-refractivity contribution in [1.29, 1.82) is 0 Å². The van der Waals surface area contributed by atoms with Crippen molar-refractivity contribution in [3.63, 3.8) is 0 Å². The number of benzene rings is 2. The Balaban J connectivity index is 1.40. The first-order chi connectivity index (χ1) is 25.7. The number of carbonyl (C=O) groups is 1. The molecule has 0 amide bonds. The first-order valence-electron chi connectivity index (χ1n) is 17.0. The van der Waals surface area contributed by atoms with Crippen LogP contribution in [0, 0.1) is 0 Å². The number of carbonyl (C=O) groups excluding carboxylic acids is 1. The largest absolute Gasteiger partial charge is 0.504 e. The van der Waals surface area contributed by atoms with Crippen LogP contribution in [-0.4, -0.2) is 170 Å². The number of phenolic OH excluding ortho intramolecular Hbond substituents is 3. The first kappa shape index (κ1) is 41.5. The Kier molecular flexibility index (Phi) is 14.1. The summed E-state index contributed by atoms with van der Waals surface area (Å²) in [5, 5.41) is 104. The van der Waals surface area contributed by atoms with Crippen LogP contribution in [0.15, 0.2) is 42.5 Å². The molecule has 3 saturated heterocycles. The number of rotatable bonds is 13. The van der Waals surface area contributed by atoms with E-state index in [0.29, 0.717) is 11.1 Å². The molecular formula is C35H46O19. The fraction of sp³-hybridized carbons (Fsp3) is 0.571. The summed E-state index contributed by atoms with van der Waals surface area (Å²) < 4.78 is 45.4. The van der Waals surface area contributed by atoms with E-state index >= 15 is 0 Å². The average Bonchev–Trinajstić information content (AvgIpc) is 3.15. The van der Waals surface area contributed by atoms with Gasteiger partial charge in [-0.3, -0.25) is 0 Å². The molecule has 0 spiro atoms. The van der Waals surface area contributed by atoms with E-state index in [1.54, 1.807) is 0 Å². The number of aliphatic hydroxyl groups excluding tert-OH is 7. The number of hydrogen-bond donors (Lipinski definition) is 10. The predicted octanol–water partition coefficient (Wildman–Crippen LogP) is -2.25. The maximum Gasteiger partial charge on any atom is 0.331 e. The Morgan fingerprint density at radius 2 is 1.52 bits per heavy atom. The van der Waals surface area contributed by atoms with Crippen LogP contribution in [0.1, 0.15) is 18.1 Å². The Hall–Kier alpha value is -3.67. The fourth-order valence-electron chi connectivity index (χ4n) is 6.10. The van der Waals surface area contributed by atoms with Gasteiger partial charge in [-0.05, 0) is 54.8 Å². The molecular weight excluding hydrogens is 724 g/mol. The number of phenols is 3. The van der Waals surface area contributed by atoms with Gasteiger partial charge < -0.3 is 89.0 Å². The molecule has 19 heteroatoms. The molecule has 3 fully saturated rings. The molecule has 10 N–H and O–H groups in total. The Morgan fingerprint density at radius 3 is 2.22 bits per heavy atom. The summed E-state index contributed by atoms with van der Waals surface area (Å²) in [6, 6.07) is 8.41. The van der Waals surface area contributed by atoms with Crippen LogP contribution < -0.4 is 4.74 Å². The zero-order valence-electron chi connectivity index (χ0n) is 29.2. The van der Waals surface area contributed by atoms with Crippen molar-refractivity contribution >= 4 is 12.0 Å². The van der Waals surface area contributed by atoms with Crippen LogP contribution in [0.4, 0.5) is 0 Å². The van der Waals surface area contributed by atoms with E-state index in [-0.39, 0.29) is 36.0 Å². The molecule has 5 rings (SSSR count). The molecule has 0 aliphatic carbocycles. The number of ether oxygens (including phenoxy) is 8. The minimum atomic E-state index is -1.81. The molecule has 14 atom stereocenters. The normalized spacial score (nSPS) is 35.9. The summed E-state index contributed by atoms with van der Waals surface area (Å²) in [6.07, 6.45) is -19.9. The van der Waals surface area contributed by atoms with E-state index < -0.39 is 105 Å². The SMILES string of the molecule is COc1cc(/C=C/C(=O)O[C@H]2[C@@H](O[C@@H]3O[C@H](C)[C@H](O)[C@@H](O)[C@H]3O[C@@H]3OC[C@H](O)[C@H](O)[C@H]3O)[C@@H](O)[C@H](OCCc3ccc(O)c(O)c3)O[C@@H]2CO)ccc1O. The Bertz CT molecular complexity index is 1570. The first-order valence-corrected chi connectivity index (χ1v) is 17.0. The summed E-state index contributed by atoms with van der Waals surface area (Å²) in [4.78, 5) is 13.2. The molecule has 2 aromatic rings. The number of hydrogen-bond acceptors (Lipinski definition) is 19. The third kappa shape index (κ3) is 9.58. The van der Waals surface area contributed by atoms with Crippen molar-refractivity contribution in [3.05, 3.63) is 53.6 Å². The monoisotopic (exact) mass is 770 g/mol. The van der Waals surface area contributed by atoms with E-state index in [9.17, 15) is 55.9 Å². The molecule has 2 aromatic carbocycles. The van der Waals surface area contributed by atoms with Crippen LogP contribution >= 0.6 is 0 Å². The van der Waals surface area contributed by atoms with Gasteiger partial charge in [0.05, 0.1) is 33.0 Å². The maximum atomic E-state index is 13.2. The van der Waals surface area contributed by atoms with Crippen molar-refractivity contribution in [1.82, 2.24) is 0 Å². The zero-order chi connectivity index (χ0) is 39.3. The Labute approximate surface area is 308 Å². The lowest BCUT2D eigenvalue weighted by Crippen LogP contribution is -2.66. The van der Waals surface area contributed by atoms with E-state index in [2.05, 4.69) is 0 Å². The van der Waals surface area contributed by atoms with Gasteiger partial charge in [0.1, 0.15) is 54.9 Å². The second kappa shape index (κ2) is 18.3. The number of aromatic hydroxyl groups is 3. The summed E-state index contributed by atoms with van der Waals surface area (Å²) in [5.74, 6) is -1.67. The predicted molar refractivity (Wildman–Crippen MR) is 179 cm³/mol. The van der Waals surface area contributed by atoms with Crippen molar-refractivity contribution in [3.8, 4) is 23.0 Å². The molecule has 19 nitrogen and oxygen atoms in total. The maximum absolute atomic E-state index is 13.2. The van der Waals surface area contributed by atoms with Crippen LogP contribution in [-0.2, 0) is 44.4 Å². The van der Waals surface area contributed by atoms with Gasteiger partial charge >= 0.3 is 5.97 Å². The summed E-state index contributed by atoms with van der Waals surface area (Å²) in [7, 11) is 1.35. The van der Waals surface area contributed by atoms with Gasteiger partial charge in [0.25, 0.3) is 0 Å². The van der Waals surface area contributed by atoms with Crippen molar-refractivity contribution in [2.24, 2.45) is 0 Å². The molecule has 0 radical (unpaired) electrons. The van der Waals surface area contributed by atoms with Crippen LogP contribution in [0.3, 0.4) is 0 Å². The number of methoxy groups -OCH3 is 1. The minimum absolute atomic E-state index is 0.126. The lowest BCUT2D eigenvalue weighted by Gasteiger charge is -2.48. The van der Waals surface area contributed by atoms with Gasteiger partial charge in [0.2, 0.25) is 0 Å². The lowest BCUT2D eigenvalue weighted by molar-refractivity contribution is -0.381. The van der Waals surface area contributed by atoms with Gasteiger partial charge in [-0.25, -0.2) is 4.79 Å². The highest BCUT2D eigenvalue weighted by Crippen LogP contribution is 2.34. The minimum Gasteiger partial charge on any atom is -0.504 e. The highest BCUT2D eigenvalue weighted by Gasteiger charge is 2.54. The van der Waals surface area contributed by atoms with Crippen LogP contribution in [0.2, 0.25) is 0 Å². The zero-order valence-corrected chi connectivity index (χ0v) is 29.2. The highest BCUT2D eigenvalue weighted by molar-refractivity contribution is 5.87. The van der Waals surface area contributed by atoms with Gasteiger partial charge in [0, 0.05) is 6.08 Å². The van der Waals surface area contributed by atoms with Crippen LogP contribution in [0.5, 0.6) is 23.0 Å². The third-order valence-corrected chi connectivity index (χ3v) is 9.20. The second-order valence-electron chi connectivity index (χ2n) is 13.0. The quantitative estimate of drug-likeness (QED) is 0.0585. The summed E-state index contributed by atoms with van der Waals surface area (Å²) in [5.41, 5.74) is 0.985.